The van der Waals surface area contributed by atoms with Crippen LogP contribution in [0.15, 0.2) is 30.5 Å². The monoisotopic (exact) mass is 263 g/mol. The fraction of sp³-hybridized carbons (Fsp3) is 0.385. The Morgan fingerprint density at radius 2 is 2.05 bits per heavy atom. The van der Waals surface area contributed by atoms with Crippen LogP contribution in [0.1, 0.15) is 5.69 Å². The van der Waals surface area contributed by atoms with Crippen molar-refractivity contribution < 1.29 is 4.39 Å². The quantitative estimate of drug-likeness (QED) is 0.852. The average Bonchev–Trinajstić information content (AvgIpc) is 2.85. The van der Waals surface area contributed by atoms with Gasteiger partial charge in [-0.15, -0.1) is 5.10 Å². The van der Waals surface area contributed by atoms with E-state index < -0.39 is 0 Å². The van der Waals surface area contributed by atoms with Gasteiger partial charge in [0.1, 0.15) is 5.82 Å². The molecule has 2 rings (SSSR count). The summed E-state index contributed by atoms with van der Waals surface area (Å²) < 4.78 is 14.6. The summed E-state index contributed by atoms with van der Waals surface area (Å²) in [6.45, 7) is 2.24. The van der Waals surface area contributed by atoms with Crippen molar-refractivity contribution in [1.82, 2.24) is 20.3 Å². The van der Waals surface area contributed by atoms with Crippen molar-refractivity contribution in [3.8, 4) is 0 Å². The van der Waals surface area contributed by atoms with Crippen molar-refractivity contribution in [1.29, 1.82) is 0 Å². The Kier molecular flexibility index (Phi) is 4.46. The number of halogens is 1. The van der Waals surface area contributed by atoms with Crippen molar-refractivity contribution in [3.05, 3.63) is 42.0 Å². The van der Waals surface area contributed by atoms with Crippen LogP contribution < -0.4 is 10.2 Å². The molecule has 0 spiro atoms. The Balaban J connectivity index is 1.88. The van der Waals surface area contributed by atoms with Gasteiger partial charge in [-0.2, -0.15) is 0 Å². The Morgan fingerprint density at radius 3 is 2.74 bits per heavy atom. The topological polar surface area (TPSA) is 46.0 Å². The van der Waals surface area contributed by atoms with Crippen LogP contribution in [0, 0.1) is 5.82 Å². The highest BCUT2D eigenvalue weighted by Gasteiger charge is 2.03. The molecule has 0 aliphatic carbocycles. The lowest BCUT2D eigenvalue weighted by molar-refractivity contribution is 0.587. The zero-order chi connectivity index (χ0) is 13.7. The number of rotatable bonds is 6. The first-order valence-electron chi connectivity index (χ1n) is 6.19. The predicted octanol–water partition coefficient (Wildman–Crippen LogP) is 1.27. The third-order valence-electron chi connectivity index (χ3n) is 2.88. The third kappa shape index (κ3) is 3.75. The van der Waals surface area contributed by atoms with E-state index in [9.17, 15) is 4.39 Å². The maximum atomic E-state index is 12.8. The predicted molar refractivity (Wildman–Crippen MR) is 72.5 cm³/mol. The minimum absolute atomic E-state index is 0.217. The summed E-state index contributed by atoms with van der Waals surface area (Å²) in [5.41, 5.74) is 1.91. The maximum Gasteiger partial charge on any atom is 0.123 e. The highest BCUT2D eigenvalue weighted by molar-refractivity contribution is 5.45. The molecule has 6 heteroatoms. The van der Waals surface area contributed by atoms with Crippen molar-refractivity contribution >= 4 is 5.69 Å². The SMILES string of the molecule is CNCc1cn(CCN(C)c2ccc(F)cc2)nn1. The molecule has 1 heterocycles. The Bertz CT molecular complexity index is 508. The minimum Gasteiger partial charge on any atom is -0.373 e. The van der Waals surface area contributed by atoms with Crippen molar-refractivity contribution in [2.75, 3.05) is 25.5 Å². The maximum absolute atomic E-state index is 12.8. The molecule has 0 saturated carbocycles. The van der Waals surface area contributed by atoms with Crippen LogP contribution in [0.3, 0.4) is 0 Å². The van der Waals surface area contributed by atoms with E-state index >= 15 is 0 Å². The molecule has 0 bridgehead atoms. The molecule has 0 fully saturated rings. The first kappa shape index (κ1) is 13.5. The van der Waals surface area contributed by atoms with Crippen LogP contribution in [0.2, 0.25) is 0 Å². The summed E-state index contributed by atoms with van der Waals surface area (Å²) in [6.07, 6.45) is 1.93. The summed E-state index contributed by atoms with van der Waals surface area (Å²) in [4.78, 5) is 2.05. The molecule has 0 saturated heterocycles. The summed E-state index contributed by atoms with van der Waals surface area (Å²) >= 11 is 0. The zero-order valence-corrected chi connectivity index (χ0v) is 11.2. The van der Waals surface area contributed by atoms with Crippen LogP contribution in [-0.2, 0) is 13.1 Å². The number of hydrogen-bond acceptors (Lipinski definition) is 4. The molecule has 5 nitrogen and oxygen atoms in total. The van der Waals surface area contributed by atoms with E-state index in [1.807, 2.05) is 25.0 Å². The molecule has 0 radical (unpaired) electrons. The molecule has 0 atom stereocenters. The second kappa shape index (κ2) is 6.29. The van der Waals surface area contributed by atoms with E-state index in [-0.39, 0.29) is 5.82 Å². The fourth-order valence-corrected chi connectivity index (χ4v) is 1.79. The average molecular weight is 263 g/mol. The van der Waals surface area contributed by atoms with Crippen LogP contribution in [0.5, 0.6) is 0 Å². The third-order valence-corrected chi connectivity index (χ3v) is 2.88. The van der Waals surface area contributed by atoms with Gasteiger partial charge >= 0.3 is 0 Å². The molecule has 0 unspecified atom stereocenters. The molecule has 0 amide bonds. The van der Waals surface area contributed by atoms with Gasteiger partial charge in [-0.25, -0.2) is 4.39 Å². The molecule has 2 aromatic rings. The van der Waals surface area contributed by atoms with Gasteiger partial charge in [-0.1, -0.05) is 5.21 Å². The number of hydrogen-bond donors (Lipinski definition) is 1. The molecule has 0 aliphatic rings. The molecule has 19 heavy (non-hydrogen) atoms. The fourth-order valence-electron chi connectivity index (χ4n) is 1.79. The van der Waals surface area contributed by atoms with Crippen molar-refractivity contribution in [2.24, 2.45) is 0 Å². The first-order chi connectivity index (χ1) is 9.19. The number of aromatic nitrogens is 3. The number of nitrogens with zero attached hydrogens (tertiary/aromatic N) is 4. The van der Waals surface area contributed by atoms with Gasteiger partial charge in [0.25, 0.3) is 0 Å². The molecule has 1 aromatic carbocycles. The summed E-state index contributed by atoms with van der Waals surface area (Å²) in [6, 6.07) is 6.46. The molecule has 1 aromatic heterocycles. The summed E-state index contributed by atoms with van der Waals surface area (Å²) in [5, 5.41) is 11.1. The molecule has 0 aliphatic heterocycles. The Morgan fingerprint density at radius 1 is 1.32 bits per heavy atom. The molecule has 1 N–H and O–H groups in total. The van der Waals surface area contributed by atoms with Crippen LogP contribution >= 0.6 is 0 Å². The zero-order valence-electron chi connectivity index (χ0n) is 11.2. The smallest absolute Gasteiger partial charge is 0.123 e. The van der Waals surface area contributed by atoms with E-state index in [0.717, 1.165) is 24.5 Å². The lowest BCUT2D eigenvalue weighted by Gasteiger charge is -2.18. The van der Waals surface area contributed by atoms with Crippen LogP contribution in [-0.4, -0.2) is 35.6 Å². The lowest BCUT2D eigenvalue weighted by Crippen LogP contribution is -2.22. The standard InChI is InChI=1S/C13H18FN5/c1-15-9-12-10-19(17-16-12)8-7-18(2)13-5-3-11(14)4-6-13/h3-6,10,15H,7-9H2,1-2H3. The van der Waals surface area contributed by atoms with Crippen molar-refractivity contribution in [2.45, 2.75) is 13.1 Å². The Hall–Kier alpha value is -1.95. The van der Waals surface area contributed by atoms with E-state index in [0.29, 0.717) is 6.54 Å². The summed E-state index contributed by atoms with van der Waals surface area (Å²) in [7, 11) is 3.85. The largest absolute Gasteiger partial charge is 0.373 e. The van der Waals surface area contributed by atoms with Gasteiger partial charge in [0.2, 0.25) is 0 Å². The number of anilines is 1. The molecule has 102 valence electrons. The van der Waals surface area contributed by atoms with Gasteiger partial charge in [0.05, 0.1) is 12.2 Å². The number of nitrogens with one attached hydrogen (secondary N) is 1. The van der Waals surface area contributed by atoms with Gasteiger partial charge in [-0.05, 0) is 31.3 Å². The highest BCUT2D eigenvalue weighted by atomic mass is 19.1. The van der Waals surface area contributed by atoms with Crippen LogP contribution in [0.4, 0.5) is 10.1 Å². The van der Waals surface area contributed by atoms with Gasteiger partial charge < -0.3 is 10.2 Å². The molecular weight excluding hydrogens is 245 g/mol. The van der Waals surface area contributed by atoms with Crippen LogP contribution in [0.25, 0.3) is 0 Å². The Labute approximate surface area is 112 Å². The second-order valence-electron chi connectivity index (χ2n) is 4.40. The van der Waals surface area contributed by atoms with Gasteiger partial charge in [0, 0.05) is 32.0 Å². The normalized spacial score (nSPS) is 10.7. The van der Waals surface area contributed by atoms with E-state index in [1.54, 1.807) is 12.1 Å². The van der Waals surface area contributed by atoms with Gasteiger partial charge in [-0.3, -0.25) is 4.68 Å². The first-order valence-corrected chi connectivity index (χ1v) is 6.19. The van der Waals surface area contributed by atoms with E-state index in [2.05, 4.69) is 20.5 Å². The second-order valence-corrected chi connectivity index (χ2v) is 4.40. The minimum atomic E-state index is -0.217. The number of benzene rings is 1. The highest BCUT2D eigenvalue weighted by Crippen LogP contribution is 2.12. The van der Waals surface area contributed by atoms with Gasteiger partial charge in [0.15, 0.2) is 0 Å². The number of likely N-dealkylation sites (N-methyl/N-ethyl adjacent to an activating group) is 1. The summed E-state index contributed by atoms with van der Waals surface area (Å²) in [5.74, 6) is -0.217. The van der Waals surface area contributed by atoms with E-state index in [1.165, 1.54) is 12.1 Å². The molecular formula is C13H18FN5. The van der Waals surface area contributed by atoms with E-state index in [4.69, 9.17) is 0 Å². The lowest BCUT2D eigenvalue weighted by atomic mass is 10.3. The van der Waals surface area contributed by atoms with Crippen molar-refractivity contribution in [3.63, 3.8) is 0 Å².